The summed E-state index contributed by atoms with van der Waals surface area (Å²) >= 11 is 0. The fourth-order valence-electron chi connectivity index (χ4n) is 3.91. The van der Waals surface area contributed by atoms with Gasteiger partial charge in [-0.2, -0.15) is 9.97 Å². The van der Waals surface area contributed by atoms with Crippen molar-refractivity contribution in [3.05, 3.63) is 46.9 Å². The molecule has 0 aliphatic carbocycles. The predicted octanol–water partition coefficient (Wildman–Crippen LogP) is 3.15. The minimum absolute atomic E-state index is 0.129. The van der Waals surface area contributed by atoms with Crippen molar-refractivity contribution >= 4 is 22.8 Å². The van der Waals surface area contributed by atoms with Gasteiger partial charge in [0.05, 0.1) is 5.39 Å². The topological polar surface area (TPSA) is 100 Å². The monoisotopic (exact) mass is 396 g/mol. The Morgan fingerprint density at radius 1 is 1.17 bits per heavy atom. The van der Waals surface area contributed by atoms with E-state index in [0.717, 1.165) is 42.6 Å². The minimum Gasteiger partial charge on any atom is -0.508 e. The second kappa shape index (κ2) is 7.79. The van der Waals surface area contributed by atoms with Crippen molar-refractivity contribution in [2.24, 2.45) is 0 Å². The van der Waals surface area contributed by atoms with Crippen molar-refractivity contribution in [1.82, 2.24) is 19.9 Å². The SMILES string of the molecule is Cc1cc(C)c2c(N)nc(NC3CCN(Cc4cc(F)ccc4O)CC3)nc2n1. The van der Waals surface area contributed by atoms with Crippen LogP contribution in [-0.4, -0.2) is 44.1 Å². The highest BCUT2D eigenvalue weighted by atomic mass is 19.1. The zero-order valence-electron chi connectivity index (χ0n) is 16.6. The lowest BCUT2D eigenvalue weighted by atomic mass is 10.0. The molecule has 8 heteroatoms. The Morgan fingerprint density at radius 3 is 2.69 bits per heavy atom. The number of phenolic OH excluding ortho intramolecular Hbond substituents is 1. The van der Waals surface area contributed by atoms with E-state index >= 15 is 0 Å². The molecule has 29 heavy (non-hydrogen) atoms. The van der Waals surface area contributed by atoms with E-state index in [1.165, 1.54) is 18.2 Å². The molecule has 0 atom stereocenters. The van der Waals surface area contributed by atoms with E-state index in [0.29, 0.717) is 29.5 Å². The largest absolute Gasteiger partial charge is 0.508 e. The molecule has 1 aliphatic rings. The summed E-state index contributed by atoms with van der Waals surface area (Å²) in [5.41, 5.74) is 9.29. The number of pyridine rings is 1. The first kappa shape index (κ1) is 19.3. The number of anilines is 2. The van der Waals surface area contributed by atoms with Crippen LogP contribution >= 0.6 is 0 Å². The number of fused-ring (bicyclic) bond motifs is 1. The normalized spacial score (nSPS) is 15.7. The predicted molar refractivity (Wildman–Crippen MR) is 111 cm³/mol. The average Bonchev–Trinajstić information content (AvgIpc) is 2.65. The molecule has 0 spiro atoms. The summed E-state index contributed by atoms with van der Waals surface area (Å²) < 4.78 is 13.4. The molecule has 2 aromatic heterocycles. The molecule has 0 bridgehead atoms. The number of halogens is 1. The number of hydrogen-bond donors (Lipinski definition) is 3. The molecule has 1 saturated heterocycles. The van der Waals surface area contributed by atoms with Crippen molar-refractivity contribution in [3.63, 3.8) is 0 Å². The van der Waals surface area contributed by atoms with Gasteiger partial charge in [0.1, 0.15) is 17.4 Å². The fourth-order valence-corrected chi connectivity index (χ4v) is 3.91. The molecule has 0 radical (unpaired) electrons. The number of benzene rings is 1. The van der Waals surface area contributed by atoms with Gasteiger partial charge in [-0.1, -0.05) is 0 Å². The van der Waals surface area contributed by atoms with Crippen LogP contribution < -0.4 is 11.1 Å². The quantitative estimate of drug-likeness (QED) is 0.623. The molecule has 1 aliphatic heterocycles. The first-order chi connectivity index (χ1) is 13.9. The van der Waals surface area contributed by atoms with Gasteiger partial charge in [0.25, 0.3) is 0 Å². The van der Waals surface area contributed by atoms with Gasteiger partial charge in [0, 0.05) is 36.9 Å². The highest BCUT2D eigenvalue weighted by Crippen LogP contribution is 2.25. The van der Waals surface area contributed by atoms with Crippen LogP contribution in [0.4, 0.5) is 16.2 Å². The molecule has 7 nitrogen and oxygen atoms in total. The van der Waals surface area contributed by atoms with Gasteiger partial charge >= 0.3 is 0 Å². The summed E-state index contributed by atoms with van der Waals surface area (Å²) in [5.74, 6) is 0.722. The van der Waals surface area contributed by atoms with Crippen molar-refractivity contribution < 1.29 is 9.50 Å². The summed E-state index contributed by atoms with van der Waals surface area (Å²) in [6, 6.07) is 6.25. The van der Waals surface area contributed by atoms with E-state index in [2.05, 4.69) is 25.2 Å². The van der Waals surface area contributed by atoms with E-state index in [-0.39, 0.29) is 17.6 Å². The number of nitrogens with one attached hydrogen (secondary N) is 1. The van der Waals surface area contributed by atoms with Gasteiger partial charge in [0.15, 0.2) is 5.65 Å². The Morgan fingerprint density at radius 2 is 1.93 bits per heavy atom. The van der Waals surface area contributed by atoms with Gasteiger partial charge < -0.3 is 16.2 Å². The van der Waals surface area contributed by atoms with Crippen LogP contribution in [0.1, 0.15) is 29.7 Å². The Labute approximate surface area is 168 Å². The lowest BCUT2D eigenvalue weighted by Gasteiger charge is -2.32. The molecule has 4 N–H and O–H groups in total. The summed E-state index contributed by atoms with van der Waals surface area (Å²) in [5, 5.41) is 14.1. The summed E-state index contributed by atoms with van der Waals surface area (Å²) in [6.07, 6.45) is 1.77. The fraction of sp³-hybridized carbons (Fsp3) is 0.381. The van der Waals surface area contributed by atoms with E-state index in [4.69, 9.17) is 5.73 Å². The van der Waals surface area contributed by atoms with Crippen LogP contribution in [0.2, 0.25) is 0 Å². The minimum atomic E-state index is -0.334. The number of piperidine rings is 1. The number of hydrogen-bond acceptors (Lipinski definition) is 7. The number of rotatable bonds is 4. The van der Waals surface area contributed by atoms with Crippen molar-refractivity contribution in [2.75, 3.05) is 24.1 Å². The standard InChI is InChI=1S/C21H25FN6O/c1-12-9-13(2)24-20-18(12)19(23)26-21(27-20)25-16-5-7-28(8-6-16)11-14-10-15(22)3-4-17(14)29/h3-4,9-10,16,29H,5-8,11H2,1-2H3,(H3,23,24,25,26,27). The Bertz CT molecular complexity index is 1050. The average molecular weight is 396 g/mol. The zero-order chi connectivity index (χ0) is 20.5. The first-order valence-corrected chi connectivity index (χ1v) is 9.77. The van der Waals surface area contributed by atoms with Gasteiger partial charge in [-0.3, -0.25) is 4.90 Å². The van der Waals surface area contributed by atoms with Crippen molar-refractivity contribution in [2.45, 2.75) is 39.3 Å². The number of aryl methyl sites for hydroxylation is 2. The number of nitrogens with zero attached hydrogens (tertiary/aromatic N) is 4. The molecule has 4 rings (SSSR count). The second-order valence-electron chi connectivity index (χ2n) is 7.68. The number of nitrogen functional groups attached to an aromatic ring is 1. The van der Waals surface area contributed by atoms with Gasteiger partial charge in [-0.15, -0.1) is 0 Å². The Kier molecular flexibility index (Phi) is 5.19. The van der Waals surface area contributed by atoms with Crippen LogP contribution in [0.25, 0.3) is 11.0 Å². The van der Waals surface area contributed by atoms with Crippen LogP contribution in [0.15, 0.2) is 24.3 Å². The molecule has 0 saturated carbocycles. The maximum absolute atomic E-state index is 13.4. The summed E-state index contributed by atoms with van der Waals surface area (Å²) in [4.78, 5) is 15.7. The highest BCUT2D eigenvalue weighted by Gasteiger charge is 2.21. The number of likely N-dealkylation sites (tertiary alicyclic amines) is 1. The van der Waals surface area contributed by atoms with E-state index < -0.39 is 0 Å². The van der Waals surface area contributed by atoms with Gasteiger partial charge in [-0.05, 0) is 56.5 Å². The maximum atomic E-state index is 13.4. The molecule has 3 heterocycles. The number of aromatic nitrogens is 3. The van der Waals surface area contributed by atoms with Crippen LogP contribution in [0, 0.1) is 19.7 Å². The molecule has 152 valence electrons. The number of phenols is 1. The molecule has 3 aromatic rings. The molecule has 0 unspecified atom stereocenters. The Hall–Kier alpha value is -3.00. The van der Waals surface area contributed by atoms with E-state index in [1.807, 2.05) is 19.9 Å². The van der Waals surface area contributed by atoms with Crippen LogP contribution in [-0.2, 0) is 6.54 Å². The molecular weight excluding hydrogens is 371 g/mol. The summed E-state index contributed by atoms with van der Waals surface area (Å²) in [7, 11) is 0. The Balaban J connectivity index is 1.41. The summed E-state index contributed by atoms with van der Waals surface area (Å²) in [6.45, 7) is 6.10. The lowest BCUT2D eigenvalue weighted by Crippen LogP contribution is -2.39. The second-order valence-corrected chi connectivity index (χ2v) is 7.68. The van der Waals surface area contributed by atoms with Crippen LogP contribution in [0.3, 0.4) is 0 Å². The highest BCUT2D eigenvalue weighted by molar-refractivity contribution is 5.89. The van der Waals surface area contributed by atoms with Gasteiger partial charge in [0.2, 0.25) is 5.95 Å². The molecule has 1 fully saturated rings. The third-order valence-corrected chi connectivity index (χ3v) is 5.38. The third kappa shape index (κ3) is 4.22. The molecule has 1 aromatic carbocycles. The van der Waals surface area contributed by atoms with Gasteiger partial charge in [-0.25, -0.2) is 9.37 Å². The van der Waals surface area contributed by atoms with Crippen molar-refractivity contribution in [3.8, 4) is 5.75 Å². The molecule has 0 amide bonds. The van der Waals surface area contributed by atoms with Crippen LogP contribution in [0.5, 0.6) is 5.75 Å². The number of nitrogens with two attached hydrogens (primary N) is 1. The lowest BCUT2D eigenvalue weighted by molar-refractivity contribution is 0.208. The zero-order valence-corrected chi connectivity index (χ0v) is 16.6. The van der Waals surface area contributed by atoms with Crippen molar-refractivity contribution in [1.29, 1.82) is 0 Å². The third-order valence-electron chi connectivity index (χ3n) is 5.38. The maximum Gasteiger partial charge on any atom is 0.226 e. The molecular formula is C21H25FN6O. The smallest absolute Gasteiger partial charge is 0.226 e. The number of aromatic hydroxyl groups is 1. The van der Waals surface area contributed by atoms with E-state index in [9.17, 15) is 9.50 Å². The first-order valence-electron chi connectivity index (χ1n) is 9.77. The van der Waals surface area contributed by atoms with E-state index in [1.54, 1.807) is 0 Å².